The largest absolute Gasteiger partial charge is 0.309 e. The third-order valence-electron chi connectivity index (χ3n) is 16.2. The Hall–Kier alpha value is -5.05. The van der Waals surface area contributed by atoms with E-state index in [2.05, 4.69) is 184 Å². The summed E-state index contributed by atoms with van der Waals surface area (Å²) in [5, 5.41) is 2.56. The standard InChI is InChI=1S/C58H55NS/c1-56(2)28-29-57(3,4)52-36-48(26-27-49(52)56)59(47-24-22-41(23-25-47)40-16-18-42(19-17-40)44-21-20-39-10-5-6-11-43(39)35-44)53-14-9-13-51-55(53)60-54-15-8-7-12-50(54)58(51)45-31-37-30-38(33-45)34-46(58)32-37/h5-27,35-38,45-46H,28-34H2,1-4H3. The molecule has 0 amide bonds. The number of nitrogens with zero attached hydrogens (tertiary/aromatic N) is 1. The van der Waals surface area contributed by atoms with Crippen LogP contribution in [0.25, 0.3) is 33.0 Å². The van der Waals surface area contributed by atoms with Gasteiger partial charge >= 0.3 is 0 Å². The Labute approximate surface area is 361 Å². The molecule has 0 saturated heterocycles. The summed E-state index contributed by atoms with van der Waals surface area (Å²) in [6.45, 7) is 9.81. The molecule has 4 bridgehead atoms. The summed E-state index contributed by atoms with van der Waals surface area (Å²) in [4.78, 5) is 5.56. The highest BCUT2D eigenvalue weighted by molar-refractivity contribution is 7.99. The minimum absolute atomic E-state index is 0.0943. The van der Waals surface area contributed by atoms with Crippen LogP contribution < -0.4 is 4.90 Å². The Morgan fingerprint density at radius 3 is 1.73 bits per heavy atom. The van der Waals surface area contributed by atoms with Crippen molar-refractivity contribution in [1.82, 2.24) is 0 Å². The zero-order chi connectivity index (χ0) is 40.4. The van der Waals surface area contributed by atoms with E-state index in [-0.39, 0.29) is 16.2 Å². The van der Waals surface area contributed by atoms with Gasteiger partial charge in [-0.3, -0.25) is 0 Å². The van der Waals surface area contributed by atoms with E-state index in [9.17, 15) is 0 Å². The quantitative estimate of drug-likeness (QED) is 0.171. The number of hydrogen-bond donors (Lipinski definition) is 0. The van der Waals surface area contributed by atoms with E-state index in [1.807, 2.05) is 11.8 Å². The van der Waals surface area contributed by atoms with E-state index in [1.165, 1.54) is 116 Å². The molecule has 298 valence electrons. The van der Waals surface area contributed by atoms with Crippen molar-refractivity contribution in [3.05, 3.63) is 174 Å². The molecule has 1 nitrogen and oxygen atoms in total. The topological polar surface area (TPSA) is 3.24 Å². The second-order valence-electron chi connectivity index (χ2n) is 20.4. The van der Waals surface area contributed by atoms with Gasteiger partial charge < -0.3 is 4.90 Å². The molecule has 2 heteroatoms. The molecule has 0 atom stereocenters. The molecule has 5 aliphatic carbocycles. The zero-order valence-corrected chi connectivity index (χ0v) is 36.4. The summed E-state index contributed by atoms with van der Waals surface area (Å²) >= 11 is 2.03. The van der Waals surface area contributed by atoms with Crippen LogP contribution in [0.5, 0.6) is 0 Å². The van der Waals surface area contributed by atoms with Crippen molar-refractivity contribution in [3.63, 3.8) is 0 Å². The zero-order valence-electron chi connectivity index (χ0n) is 35.5. The molecule has 6 aliphatic rings. The normalized spacial score (nSPS) is 25.1. The smallest absolute Gasteiger partial charge is 0.0604 e. The van der Waals surface area contributed by atoms with Gasteiger partial charge in [0.2, 0.25) is 0 Å². The Kier molecular flexibility index (Phi) is 8.26. The van der Waals surface area contributed by atoms with E-state index in [0.29, 0.717) is 0 Å². The molecule has 0 radical (unpaired) electrons. The lowest BCUT2D eigenvalue weighted by molar-refractivity contribution is -0.0443. The van der Waals surface area contributed by atoms with Crippen molar-refractivity contribution in [2.45, 2.75) is 98.7 Å². The maximum atomic E-state index is 2.62. The number of fused-ring (bicyclic) bond motifs is 4. The van der Waals surface area contributed by atoms with Crippen LogP contribution in [0, 0.1) is 23.7 Å². The van der Waals surface area contributed by atoms with Crippen molar-refractivity contribution < 1.29 is 0 Å². The third kappa shape index (κ3) is 5.59. The Morgan fingerprint density at radius 2 is 1.02 bits per heavy atom. The molecular formula is C58H55NS. The van der Waals surface area contributed by atoms with E-state index in [1.54, 1.807) is 11.1 Å². The van der Waals surface area contributed by atoms with Crippen LogP contribution in [0.2, 0.25) is 0 Å². The van der Waals surface area contributed by atoms with Crippen molar-refractivity contribution in [2.24, 2.45) is 23.7 Å². The molecule has 0 unspecified atom stereocenters. The molecule has 1 heterocycles. The molecule has 7 aromatic rings. The van der Waals surface area contributed by atoms with Crippen LogP contribution in [0.3, 0.4) is 0 Å². The summed E-state index contributed by atoms with van der Waals surface area (Å²) in [6, 6.07) is 58.4. The molecule has 13 rings (SSSR count). The molecule has 4 saturated carbocycles. The van der Waals surface area contributed by atoms with Gasteiger partial charge in [0, 0.05) is 26.6 Å². The van der Waals surface area contributed by atoms with Crippen LogP contribution in [-0.2, 0) is 16.2 Å². The van der Waals surface area contributed by atoms with Gasteiger partial charge in [-0.15, -0.1) is 0 Å². The van der Waals surface area contributed by atoms with Gasteiger partial charge in [0.25, 0.3) is 0 Å². The monoisotopic (exact) mass is 797 g/mol. The minimum atomic E-state index is 0.0943. The lowest BCUT2D eigenvalue weighted by Gasteiger charge is -2.63. The first-order chi connectivity index (χ1) is 29.2. The second-order valence-corrected chi connectivity index (χ2v) is 21.5. The first kappa shape index (κ1) is 36.8. The van der Waals surface area contributed by atoms with Crippen LogP contribution in [0.1, 0.15) is 94.9 Å². The highest BCUT2D eigenvalue weighted by Gasteiger charge is 2.61. The molecule has 0 N–H and O–H groups in total. The number of rotatable bonds is 5. The Morgan fingerprint density at radius 1 is 0.450 bits per heavy atom. The van der Waals surface area contributed by atoms with Gasteiger partial charge in [-0.25, -0.2) is 0 Å². The number of hydrogen-bond acceptors (Lipinski definition) is 2. The number of benzene rings is 7. The molecule has 4 fully saturated rings. The van der Waals surface area contributed by atoms with Gasteiger partial charge in [0.05, 0.1) is 5.69 Å². The van der Waals surface area contributed by atoms with Crippen LogP contribution in [0.15, 0.2) is 161 Å². The fraction of sp³-hybridized carbons (Fsp3) is 0.310. The SMILES string of the molecule is CC1(C)CCC(C)(C)c2cc(N(c3ccc(-c4ccc(-c5ccc6ccccc6c5)cc4)cc3)c3cccc4c3Sc3ccccc3C43C4CC5CC(C4)CC3C5)ccc21. The highest BCUT2D eigenvalue weighted by Crippen LogP contribution is 2.69. The summed E-state index contributed by atoms with van der Waals surface area (Å²) in [5.74, 6) is 3.27. The molecule has 0 aromatic heterocycles. The van der Waals surface area contributed by atoms with Crippen molar-refractivity contribution in [1.29, 1.82) is 0 Å². The fourth-order valence-electron chi connectivity index (χ4n) is 13.3. The van der Waals surface area contributed by atoms with Gasteiger partial charge in [0.15, 0.2) is 0 Å². The lowest BCUT2D eigenvalue weighted by atomic mass is 9.42. The molecule has 1 aliphatic heterocycles. The summed E-state index contributed by atoms with van der Waals surface area (Å²) in [6.07, 6.45) is 9.44. The predicted octanol–water partition coefficient (Wildman–Crippen LogP) is 16.2. The minimum Gasteiger partial charge on any atom is -0.309 e. The molecule has 60 heavy (non-hydrogen) atoms. The maximum absolute atomic E-state index is 2.62. The van der Waals surface area contributed by atoms with E-state index in [0.717, 1.165) is 23.7 Å². The highest BCUT2D eigenvalue weighted by atomic mass is 32.2. The second kappa shape index (κ2) is 13.5. The molecule has 7 aromatic carbocycles. The maximum Gasteiger partial charge on any atom is 0.0604 e. The average Bonchev–Trinajstić information content (AvgIpc) is 3.27. The predicted molar refractivity (Wildman–Crippen MR) is 253 cm³/mol. The summed E-state index contributed by atoms with van der Waals surface area (Å²) in [7, 11) is 0. The van der Waals surface area contributed by atoms with Crippen molar-refractivity contribution in [3.8, 4) is 22.3 Å². The fourth-order valence-corrected chi connectivity index (χ4v) is 14.6. The summed E-state index contributed by atoms with van der Waals surface area (Å²) in [5.41, 5.74) is 15.4. The van der Waals surface area contributed by atoms with Gasteiger partial charge in [-0.05, 0) is 177 Å². The van der Waals surface area contributed by atoms with Gasteiger partial charge in [0.1, 0.15) is 0 Å². The van der Waals surface area contributed by atoms with Gasteiger partial charge in [-0.1, -0.05) is 149 Å². The number of anilines is 3. The first-order valence-corrected chi connectivity index (χ1v) is 23.5. The van der Waals surface area contributed by atoms with E-state index < -0.39 is 0 Å². The summed E-state index contributed by atoms with van der Waals surface area (Å²) < 4.78 is 0. The van der Waals surface area contributed by atoms with E-state index >= 15 is 0 Å². The lowest BCUT2D eigenvalue weighted by Crippen LogP contribution is -2.57. The van der Waals surface area contributed by atoms with Crippen LogP contribution in [0.4, 0.5) is 17.1 Å². The average molecular weight is 798 g/mol. The molecule has 1 spiro atoms. The third-order valence-corrected chi connectivity index (χ3v) is 17.4. The Balaban J connectivity index is 0.988. The van der Waals surface area contributed by atoms with Crippen LogP contribution in [-0.4, -0.2) is 0 Å². The van der Waals surface area contributed by atoms with E-state index in [4.69, 9.17) is 0 Å². The van der Waals surface area contributed by atoms with Crippen LogP contribution >= 0.6 is 11.8 Å². The van der Waals surface area contributed by atoms with Crippen molar-refractivity contribution in [2.75, 3.05) is 4.90 Å². The van der Waals surface area contributed by atoms with Gasteiger partial charge in [-0.2, -0.15) is 0 Å². The van der Waals surface area contributed by atoms with Crippen molar-refractivity contribution >= 4 is 39.6 Å². The Bertz CT molecular complexity index is 2780. The first-order valence-electron chi connectivity index (χ1n) is 22.7. The molecular weight excluding hydrogens is 743 g/mol.